The Morgan fingerprint density at radius 2 is 1.81 bits per heavy atom. The molecular formula is C22H26N2O3. The fourth-order valence-electron chi connectivity index (χ4n) is 4.09. The Labute approximate surface area is 159 Å². The van der Waals surface area contributed by atoms with Crippen molar-refractivity contribution in [3.63, 3.8) is 0 Å². The monoisotopic (exact) mass is 366 g/mol. The normalized spacial score (nSPS) is 20.7. The van der Waals surface area contributed by atoms with Gasteiger partial charge in [0.05, 0.1) is 6.10 Å². The predicted octanol–water partition coefficient (Wildman–Crippen LogP) is 2.99. The number of piperidine rings is 1. The second-order valence-electron chi connectivity index (χ2n) is 7.47. The summed E-state index contributed by atoms with van der Waals surface area (Å²) in [6.07, 6.45) is 3.71. The van der Waals surface area contributed by atoms with E-state index >= 15 is 0 Å². The highest BCUT2D eigenvalue weighted by molar-refractivity contribution is 6.07. The summed E-state index contributed by atoms with van der Waals surface area (Å²) < 4.78 is 5.56. The fourth-order valence-corrected chi connectivity index (χ4v) is 4.09. The van der Waals surface area contributed by atoms with Gasteiger partial charge in [0.2, 0.25) is 5.91 Å². The van der Waals surface area contributed by atoms with Crippen molar-refractivity contribution in [3.8, 4) is 0 Å². The van der Waals surface area contributed by atoms with E-state index in [-0.39, 0.29) is 23.8 Å². The van der Waals surface area contributed by atoms with E-state index in [1.165, 1.54) is 0 Å². The highest BCUT2D eigenvalue weighted by Crippen LogP contribution is 2.24. The summed E-state index contributed by atoms with van der Waals surface area (Å²) in [6, 6.07) is 13.8. The number of likely N-dealkylation sites (tertiary alicyclic amines) is 1. The van der Waals surface area contributed by atoms with E-state index in [2.05, 4.69) is 5.32 Å². The third kappa shape index (κ3) is 3.98. The van der Waals surface area contributed by atoms with Crippen molar-refractivity contribution >= 4 is 22.6 Å². The molecule has 2 heterocycles. The number of hydrogen-bond acceptors (Lipinski definition) is 3. The summed E-state index contributed by atoms with van der Waals surface area (Å²) in [5, 5.41) is 5.09. The second-order valence-corrected chi connectivity index (χ2v) is 7.47. The average Bonchev–Trinajstić information content (AvgIpc) is 3.25. The Bertz CT molecular complexity index is 816. The van der Waals surface area contributed by atoms with Gasteiger partial charge in [0.1, 0.15) is 0 Å². The van der Waals surface area contributed by atoms with Crippen LogP contribution in [-0.4, -0.2) is 49.1 Å². The number of amides is 2. The SMILES string of the molecule is O=C(NC[C@H]1CCCO1)C1CCN(C(=O)c2cccc3ccccc23)CC1. The van der Waals surface area contributed by atoms with Gasteiger partial charge in [-0.05, 0) is 42.5 Å². The van der Waals surface area contributed by atoms with Gasteiger partial charge in [-0.15, -0.1) is 0 Å². The number of ether oxygens (including phenoxy) is 1. The molecular weight excluding hydrogens is 340 g/mol. The zero-order valence-electron chi connectivity index (χ0n) is 15.5. The van der Waals surface area contributed by atoms with E-state index in [9.17, 15) is 9.59 Å². The van der Waals surface area contributed by atoms with Crippen molar-refractivity contribution in [2.75, 3.05) is 26.2 Å². The fraction of sp³-hybridized carbons (Fsp3) is 0.455. The lowest BCUT2D eigenvalue weighted by molar-refractivity contribution is -0.126. The van der Waals surface area contributed by atoms with Gasteiger partial charge in [-0.2, -0.15) is 0 Å². The summed E-state index contributed by atoms with van der Waals surface area (Å²) in [7, 11) is 0. The molecule has 2 saturated heterocycles. The Morgan fingerprint density at radius 3 is 2.59 bits per heavy atom. The molecule has 0 bridgehead atoms. The molecule has 0 aliphatic carbocycles. The molecule has 4 rings (SSSR count). The maximum absolute atomic E-state index is 13.0. The average molecular weight is 366 g/mol. The third-order valence-corrected chi connectivity index (χ3v) is 5.70. The lowest BCUT2D eigenvalue weighted by Crippen LogP contribution is -2.44. The van der Waals surface area contributed by atoms with Crippen LogP contribution in [0.5, 0.6) is 0 Å². The van der Waals surface area contributed by atoms with Gasteiger partial charge in [0.25, 0.3) is 5.91 Å². The van der Waals surface area contributed by atoms with Crippen molar-refractivity contribution in [2.45, 2.75) is 31.8 Å². The topological polar surface area (TPSA) is 58.6 Å². The van der Waals surface area contributed by atoms with Crippen LogP contribution in [0.25, 0.3) is 10.8 Å². The number of hydrogen-bond donors (Lipinski definition) is 1. The molecule has 0 radical (unpaired) electrons. The Hall–Kier alpha value is -2.40. The zero-order chi connectivity index (χ0) is 18.6. The number of benzene rings is 2. The lowest BCUT2D eigenvalue weighted by atomic mass is 9.94. The molecule has 0 aromatic heterocycles. The maximum Gasteiger partial charge on any atom is 0.254 e. The molecule has 0 saturated carbocycles. The third-order valence-electron chi connectivity index (χ3n) is 5.70. The quantitative estimate of drug-likeness (QED) is 0.905. The minimum Gasteiger partial charge on any atom is -0.376 e. The number of carbonyl (C=O) groups excluding carboxylic acids is 2. The van der Waals surface area contributed by atoms with Gasteiger partial charge in [-0.3, -0.25) is 9.59 Å². The van der Waals surface area contributed by atoms with E-state index in [1.54, 1.807) is 0 Å². The van der Waals surface area contributed by atoms with Crippen LogP contribution >= 0.6 is 0 Å². The van der Waals surface area contributed by atoms with E-state index < -0.39 is 0 Å². The maximum atomic E-state index is 13.0. The smallest absolute Gasteiger partial charge is 0.254 e. The molecule has 1 N–H and O–H groups in total. The Balaban J connectivity index is 1.34. The molecule has 1 atom stereocenters. The molecule has 2 aromatic carbocycles. The van der Waals surface area contributed by atoms with E-state index in [0.29, 0.717) is 32.5 Å². The molecule has 2 aromatic rings. The minimum absolute atomic E-state index is 0.0111. The predicted molar refractivity (Wildman–Crippen MR) is 105 cm³/mol. The lowest BCUT2D eigenvalue weighted by Gasteiger charge is -2.31. The van der Waals surface area contributed by atoms with Gasteiger partial charge in [0, 0.05) is 37.7 Å². The van der Waals surface area contributed by atoms with Crippen molar-refractivity contribution in [1.82, 2.24) is 10.2 Å². The molecule has 5 nitrogen and oxygen atoms in total. The standard InChI is InChI=1S/C22H26N2O3/c25-21(23-15-18-7-4-14-27-18)17-10-12-24(13-11-17)22(26)20-9-3-6-16-5-1-2-8-19(16)20/h1-3,5-6,8-9,17-18H,4,7,10-15H2,(H,23,25)/t18-/m1/s1. The first kappa shape index (κ1) is 18.0. The molecule has 2 aliphatic rings. The molecule has 2 amide bonds. The summed E-state index contributed by atoms with van der Waals surface area (Å²) in [5.41, 5.74) is 0.745. The van der Waals surface area contributed by atoms with E-state index in [4.69, 9.17) is 4.74 Å². The largest absolute Gasteiger partial charge is 0.376 e. The number of carbonyl (C=O) groups is 2. The first-order valence-corrected chi connectivity index (χ1v) is 9.89. The summed E-state index contributed by atoms with van der Waals surface area (Å²) in [5.74, 6) is 0.149. The summed E-state index contributed by atoms with van der Waals surface area (Å²) in [4.78, 5) is 27.3. The van der Waals surface area contributed by atoms with Gasteiger partial charge in [-0.25, -0.2) is 0 Å². The van der Waals surface area contributed by atoms with Gasteiger partial charge < -0.3 is 15.0 Å². The van der Waals surface area contributed by atoms with E-state index in [0.717, 1.165) is 35.8 Å². The first-order valence-electron chi connectivity index (χ1n) is 9.89. The Morgan fingerprint density at radius 1 is 1.04 bits per heavy atom. The summed E-state index contributed by atoms with van der Waals surface area (Å²) in [6.45, 7) is 2.66. The van der Waals surface area contributed by atoms with Gasteiger partial charge >= 0.3 is 0 Å². The molecule has 27 heavy (non-hydrogen) atoms. The van der Waals surface area contributed by atoms with Crippen LogP contribution in [0.15, 0.2) is 42.5 Å². The van der Waals surface area contributed by atoms with Crippen LogP contribution < -0.4 is 5.32 Å². The van der Waals surface area contributed by atoms with E-state index in [1.807, 2.05) is 47.4 Å². The van der Waals surface area contributed by atoms with Gasteiger partial charge in [-0.1, -0.05) is 36.4 Å². The van der Waals surface area contributed by atoms with Crippen molar-refractivity contribution < 1.29 is 14.3 Å². The molecule has 0 spiro atoms. The van der Waals surface area contributed by atoms with Crippen LogP contribution in [0, 0.1) is 5.92 Å². The molecule has 2 aliphatic heterocycles. The van der Waals surface area contributed by atoms with Crippen LogP contribution in [0.1, 0.15) is 36.0 Å². The van der Waals surface area contributed by atoms with Crippen LogP contribution in [0.3, 0.4) is 0 Å². The van der Waals surface area contributed by atoms with Crippen LogP contribution in [0.2, 0.25) is 0 Å². The highest BCUT2D eigenvalue weighted by atomic mass is 16.5. The molecule has 2 fully saturated rings. The van der Waals surface area contributed by atoms with Crippen molar-refractivity contribution in [2.24, 2.45) is 5.92 Å². The minimum atomic E-state index is -0.0111. The number of rotatable bonds is 4. The number of fused-ring (bicyclic) bond motifs is 1. The summed E-state index contributed by atoms with van der Waals surface area (Å²) >= 11 is 0. The molecule has 142 valence electrons. The number of nitrogens with zero attached hydrogens (tertiary/aromatic N) is 1. The molecule has 0 unspecified atom stereocenters. The second kappa shape index (κ2) is 8.09. The first-order chi connectivity index (χ1) is 13.2. The van der Waals surface area contributed by atoms with Crippen molar-refractivity contribution in [1.29, 1.82) is 0 Å². The highest BCUT2D eigenvalue weighted by Gasteiger charge is 2.29. The van der Waals surface area contributed by atoms with Crippen molar-refractivity contribution in [3.05, 3.63) is 48.0 Å². The van der Waals surface area contributed by atoms with Gasteiger partial charge in [0.15, 0.2) is 0 Å². The number of nitrogens with one attached hydrogen (secondary N) is 1. The zero-order valence-corrected chi connectivity index (χ0v) is 15.5. The van der Waals surface area contributed by atoms with Crippen LogP contribution in [0.4, 0.5) is 0 Å². The Kier molecular flexibility index (Phi) is 5.39. The molecule has 5 heteroatoms. The van der Waals surface area contributed by atoms with Crippen LogP contribution in [-0.2, 0) is 9.53 Å².